The summed E-state index contributed by atoms with van der Waals surface area (Å²) >= 11 is 0. The Labute approximate surface area is 93.5 Å². The van der Waals surface area contributed by atoms with Gasteiger partial charge in [-0.3, -0.25) is 0 Å². The van der Waals surface area contributed by atoms with Gasteiger partial charge in [-0.25, -0.2) is 9.59 Å². The molecule has 0 aliphatic rings. The van der Waals surface area contributed by atoms with Crippen LogP contribution in [-0.4, -0.2) is 49.6 Å². The number of aliphatic carboxylic acids is 2. The number of carboxylic acids is 2. The fraction of sp³-hybridized carbons (Fsp3) is 0.600. The van der Waals surface area contributed by atoms with Gasteiger partial charge in [0, 0.05) is 38.2 Å². The Morgan fingerprint density at radius 1 is 0.875 bits per heavy atom. The lowest BCUT2D eigenvalue weighted by atomic mass is 10.0. The van der Waals surface area contributed by atoms with Gasteiger partial charge in [-0.15, -0.1) is 0 Å². The summed E-state index contributed by atoms with van der Waals surface area (Å²) in [6, 6.07) is 0. The minimum absolute atomic E-state index is 0.0666. The molecule has 0 aromatic rings. The lowest BCUT2D eigenvalue weighted by molar-refractivity contribution is -0.136. The van der Waals surface area contributed by atoms with E-state index in [1.54, 1.807) is 0 Å². The zero-order valence-corrected chi connectivity index (χ0v) is 9.36. The monoisotopic (exact) mass is 232 g/mol. The van der Waals surface area contributed by atoms with Crippen LogP contribution in [0.25, 0.3) is 0 Å². The first-order valence-electron chi connectivity index (χ1n) is 4.71. The third-order valence-electron chi connectivity index (χ3n) is 1.99. The number of ether oxygens (including phenoxy) is 2. The maximum absolute atomic E-state index is 10.9. The molecule has 0 amide bonds. The predicted molar refractivity (Wildman–Crippen MR) is 55.3 cm³/mol. The van der Waals surface area contributed by atoms with Crippen molar-refractivity contribution in [2.24, 2.45) is 0 Å². The normalized spacial score (nSPS) is 12.1. The van der Waals surface area contributed by atoms with Crippen LogP contribution < -0.4 is 0 Å². The van der Waals surface area contributed by atoms with Crippen molar-refractivity contribution in [1.82, 2.24) is 0 Å². The average Bonchev–Trinajstić information content (AvgIpc) is 2.21. The molecule has 0 heterocycles. The molecule has 0 fully saturated rings. The van der Waals surface area contributed by atoms with Crippen LogP contribution in [0.15, 0.2) is 11.1 Å². The van der Waals surface area contributed by atoms with E-state index in [0.29, 0.717) is 0 Å². The van der Waals surface area contributed by atoms with Crippen molar-refractivity contribution < 1.29 is 29.3 Å². The van der Waals surface area contributed by atoms with E-state index in [1.165, 1.54) is 14.2 Å². The van der Waals surface area contributed by atoms with Crippen LogP contribution in [0.3, 0.4) is 0 Å². The van der Waals surface area contributed by atoms with E-state index >= 15 is 0 Å². The fourth-order valence-electron chi connectivity index (χ4n) is 1.18. The maximum atomic E-state index is 10.9. The van der Waals surface area contributed by atoms with Gasteiger partial charge in [0.1, 0.15) is 0 Å². The molecule has 0 saturated carbocycles. The van der Waals surface area contributed by atoms with Gasteiger partial charge in [-0.05, 0) is 0 Å². The van der Waals surface area contributed by atoms with E-state index in [9.17, 15) is 9.59 Å². The lowest BCUT2D eigenvalue weighted by Crippen LogP contribution is -2.14. The Morgan fingerprint density at radius 3 is 1.38 bits per heavy atom. The van der Waals surface area contributed by atoms with E-state index in [0.717, 1.165) is 0 Å². The van der Waals surface area contributed by atoms with Gasteiger partial charge in [-0.2, -0.15) is 0 Å². The maximum Gasteiger partial charge on any atom is 0.332 e. The van der Waals surface area contributed by atoms with Gasteiger partial charge >= 0.3 is 11.9 Å². The van der Waals surface area contributed by atoms with Crippen LogP contribution in [0.2, 0.25) is 0 Å². The van der Waals surface area contributed by atoms with E-state index < -0.39 is 11.9 Å². The molecule has 0 aliphatic carbocycles. The molecule has 2 N–H and O–H groups in total. The summed E-state index contributed by atoms with van der Waals surface area (Å²) in [5.41, 5.74) is -0.266. The minimum atomic E-state index is -1.23. The molecule has 92 valence electrons. The first-order valence-corrected chi connectivity index (χ1v) is 4.71. The first-order chi connectivity index (χ1) is 7.54. The largest absolute Gasteiger partial charge is 0.478 e. The molecular weight excluding hydrogens is 216 g/mol. The van der Waals surface area contributed by atoms with Gasteiger partial charge in [-0.1, -0.05) is 0 Å². The standard InChI is InChI=1S/C10H16O6/c1-15-5-3-7(9(11)12)8(10(13)14)4-6-16-2/h3-6H2,1-2H3,(H,11,12)(H,13,14)/b8-7-. The number of methoxy groups -OCH3 is 2. The molecule has 0 rings (SSSR count). The minimum Gasteiger partial charge on any atom is -0.478 e. The third-order valence-corrected chi connectivity index (χ3v) is 1.99. The molecular formula is C10H16O6. The van der Waals surface area contributed by atoms with Crippen LogP contribution in [-0.2, 0) is 19.1 Å². The molecule has 0 bridgehead atoms. The van der Waals surface area contributed by atoms with Crippen LogP contribution in [0, 0.1) is 0 Å². The summed E-state index contributed by atoms with van der Waals surface area (Å²) in [5.74, 6) is -2.46. The molecule has 0 radical (unpaired) electrons. The highest BCUT2D eigenvalue weighted by Gasteiger charge is 2.19. The van der Waals surface area contributed by atoms with Gasteiger partial charge in [0.25, 0.3) is 0 Å². The molecule has 0 spiro atoms. The van der Waals surface area contributed by atoms with E-state index in [1.807, 2.05) is 0 Å². The summed E-state index contributed by atoms with van der Waals surface area (Å²) in [4.78, 5) is 21.8. The summed E-state index contributed by atoms with van der Waals surface area (Å²) in [5, 5.41) is 17.8. The molecule has 0 aromatic carbocycles. The second kappa shape index (κ2) is 7.84. The number of rotatable bonds is 8. The van der Waals surface area contributed by atoms with Crippen molar-refractivity contribution in [1.29, 1.82) is 0 Å². The fourth-order valence-corrected chi connectivity index (χ4v) is 1.18. The summed E-state index contributed by atoms with van der Waals surface area (Å²) < 4.78 is 9.47. The number of hydrogen-bond acceptors (Lipinski definition) is 4. The van der Waals surface area contributed by atoms with Gasteiger partial charge in [0.15, 0.2) is 0 Å². The van der Waals surface area contributed by atoms with Crippen LogP contribution in [0.1, 0.15) is 12.8 Å². The zero-order valence-electron chi connectivity index (χ0n) is 9.36. The highest BCUT2D eigenvalue weighted by molar-refractivity contribution is 5.98. The van der Waals surface area contributed by atoms with Crippen molar-refractivity contribution in [3.05, 3.63) is 11.1 Å². The SMILES string of the molecule is COCC/C(C(=O)O)=C(\CCOC)C(=O)O. The summed E-state index contributed by atoms with van der Waals surface area (Å²) in [6.07, 6.45) is 0.133. The van der Waals surface area contributed by atoms with E-state index in [4.69, 9.17) is 19.7 Å². The van der Waals surface area contributed by atoms with Crippen molar-refractivity contribution in [2.45, 2.75) is 12.8 Å². The van der Waals surface area contributed by atoms with Gasteiger partial charge in [0.05, 0.1) is 13.2 Å². The van der Waals surface area contributed by atoms with E-state index in [-0.39, 0.29) is 37.2 Å². The van der Waals surface area contributed by atoms with Crippen molar-refractivity contribution in [3.63, 3.8) is 0 Å². The Hall–Kier alpha value is -1.40. The molecule has 0 saturated heterocycles. The zero-order chi connectivity index (χ0) is 12.6. The van der Waals surface area contributed by atoms with Gasteiger partial charge in [0.2, 0.25) is 0 Å². The van der Waals surface area contributed by atoms with Gasteiger partial charge < -0.3 is 19.7 Å². The van der Waals surface area contributed by atoms with Crippen molar-refractivity contribution >= 4 is 11.9 Å². The molecule has 16 heavy (non-hydrogen) atoms. The molecule has 0 aromatic heterocycles. The topological polar surface area (TPSA) is 93.1 Å². The molecule has 0 aliphatic heterocycles. The molecule has 0 unspecified atom stereocenters. The van der Waals surface area contributed by atoms with Crippen molar-refractivity contribution in [3.8, 4) is 0 Å². The highest BCUT2D eigenvalue weighted by atomic mass is 16.5. The lowest BCUT2D eigenvalue weighted by Gasteiger charge is -2.08. The predicted octanol–water partition coefficient (Wildman–Crippen LogP) is 0.525. The van der Waals surface area contributed by atoms with Crippen molar-refractivity contribution in [2.75, 3.05) is 27.4 Å². The molecule has 6 heteroatoms. The number of carbonyl (C=O) groups is 2. The van der Waals surface area contributed by atoms with Crippen LogP contribution >= 0.6 is 0 Å². The second-order valence-electron chi connectivity index (χ2n) is 3.05. The molecule has 0 atom stereocenters. The second-order valence-corrected chi connectivity index (χ2v) is 3.05. The third kappa shape index (κ3) is 4.90. The Kier molecular flexibility index (Phi) is 7.15. The smallest absolute Gasteiger partial charge is 0.332 e. The van der Waals surface area contributed by atoms with E-state index in [2.05, 4.69) is 0 Å². The van der Waals surface area contributed by atoms with Crippen LogP contribution in [0.4, 0.5) is 0 Å². The first kappa shape index (κ1) is 14.6. The Balaban J connectivity index is 4.94. The number of carboxylic acid groups (broad SMARTS) is 2. The molecule has 6 nitrogen and oxygen atoms in total. The Morgan fingerprint density at radius 2 is 1.19 bits per heavy atom. The number of hydrogen-bond donors (Lipinski definition) is 2. The Bertz CT molecular complexity index is 253. The highest BCUT2D eigenvalue weighted by Crippen LogP contribution is 2.14. The summed E-state index contributed by atoms with van der Waals surface area (Å²) in [7, 11) is 2.85. The average molecular weight is 232 g/mol. The summed E-state index contributed by atoms with van der Waals surface area (Å²) in [6.45, 7) is 0.344. The quantitative estimate of drug-likeness (QED) is 0.593. The van der Waals surface area contributed by atoms with Crippen LogP contribution in [0.5, 0.6) is 0 Å².